The lowest BCUT2D eigenvalue weighted by atomic mass is 9.76. The van der Waals surface area contributed by atoms with Gasteiger partial charge in [-0.2, -0.15) is 9.97 Å². The molecule has 11 heteroatoms. The maximum Gasteiger partial charge on any atom is 0.303 e. The van der Waals surface area contributed by atoms with Gasteiger partial charge in [0.1, 0.15) is 6.10 Å². The highest BCUT2D eigenvalue weighted by atomic mass is 35.5. The molecule has 0 radical (unpaired) electrons. The van der Waals surface area contributed by atoms with Crippen LogP contribution in [0.2, 0.25) is 5.28 Å². The van der Waals surface area contributed by atoms with E-state index < -0.39 is 36.5 Å². The highest BCUT2D eigenvalue weighted by Gasteiger charge is 2.50. The SMILES string of the molecule is CC[C@H]1O[C@@H](n2cnc3c(N4CCC(C5CCCCC5)CC4)nc(Cl)nc32)C(OC(C)=O)[C@H]1OC(C)=O. The number of halogens is 1. The zero-order valence-electron chi connectivity index (χ0n) is 21.8. The first-order valence-corrected chi connectivity index (χ1v) is 13.9. The van der Waals surface area contributed by atoms with E-state index in [-0.39, 0.29) is 5.28 Å². The van der Waals surface area contributed by atoms with Gasteiger partial charge < -0.3 is 19.1 Å². The number of piperidine rings is 1. The van der Waals surface area contributed by atoms with Crippen LogP contribution in [-0.2, 0) is 23.8 Å². The minimum absolute atomic E-state index is 0.115. The van der Waals surface area contributed by atoms with E-state index in [9.17, 15) is 9.59 Å². The molecule has 0 spiro atoms. The zero-order valence-corrected chi connectivity index (χ0v) is 22.5. The van der Waals surface area contributed by atoms with Gasteiger partial charge in [-0.05, 0) is 42.7 Å². The molecule has 2 aliphatic heterocycles. The summed E-state index contributed by atoms with van der Waals surface area (Å²) in [6.45, 7) is 6.38. The molecular formula is C26H36ClN5O5. The summed E-state index contributed by atoms with van der Waals surface area (Å²) in [5.74, 6) is 1.36. The Morgan fingerprint density at radius 2 is 1.65 bits per heavy atom. The standard InChI is InChI=1S/C26H36ClN5O5/c1-4-19-21(35-15(2)33)22(36-16(3)34)25(37-19)32-14-28-20-23(29-26(27)30-24(20)32)31-12-10-18(11-13-31)17-8-6-5-7-9-17/h14,17-19,21-22,25H,4-13H2,1-3H3/t19-,21+,22?,25-/m1/s1. The van der Waals surface area contributed by atoms with E-state index in [2.05, 4.69) is 19.9 Å². The molecule has 1 aliphatic carbocycles. The molecule has 0 amide bonds. The molecule has 4 heterocycles. The van der Waals surface area contributed by atoms with Crippen molar-refractivity contribution >= 4 is 40.5 Å². The van der Waals surface area contributed by atoms with Crippen molar-refractivity contribution in [3.8, 4) is 0 Å². The van der Waals surface area contributed by atoms with E-state index in [0.29, 0.717) is 23.4 Å². The molecule has 0 aromatic carbocycles. The van der Waals surface area contributed by atoms with Crippen molar-refractivity contribution in [1.29, 1.82) is 0 Å². The van der Waals surface area contributed by atoms with Crippen LogP contribution in [-0.4, -0.2) is 62.9 Å². The predicted molar refractivity (Wildman–Crippen MR) is 137 cm³/mol. The number of anilines is 1. The van der Waals surface area contributed by atoms with Crippen LogP contribution in [0.1, 0.15) is 78.4 Å². The number of ether oxygens (including phenoxy) is 3. The summed E-state index contributed by atoms with van der Waals surface area (Å²) in [7, 11) is 0. The van der Waals surface area contributed by atoms with E-state index in [1.165, 1.54) is 46.0 Å². The summed E-state index contributed by atoms with van der Waals surface area (Å²) >= 11 is 6.42. The van der Waals surface area contributed by atoms with Crippen molar-refractivity contribution in [2.24, 2.45) is 11.8 Å². The number of hydrogen-bond donors (Lipinski definition) is 0. The first-order valence-electron chi connectivity index (χ1n) is 13.5. The summed E-state index contributed by atoms with van der Waals surface area (Å²) in [6, 6.07) is 0. The van der Waals surface area contributed by atoms with Gasteiger partial charge in [-0.1, -0.05) is 39.0 Å². The molecule has 3 aliphatic rings. The third-order valence-electron chi connectivity index (χ3n) is 8.10. The van der Waals surface area contributed by atoms with E-state index in [1.54, 1.807) is 10.9 Å². The number of carbonyl (C=O) groups is 2. The van der Waals surface area contributed by atoms with Crippen LogP contribution in [0.25, 0.3) is 11.2 Å². The van der Waals surface area contributed by atoms with Gasteiger partial charge in [-0.25, -0.2) is 4.98 Å². The second-order valence-corrected chi connectivity index (χ2v) is 10.8. The van der Waals surface area contributed by atoms with Gasteiger partial charge in [-0.15, -0.1) is 0 Å². The van der Waals surface area contributed by atoms with Crippen molar-refractivity contribution < 1.29 is 23.8 Å². The van der Waals surface area contributed by atoms with Gasteiger partial charge in [0.25, 0.3) is 0 Å². The molecule has 1 unspecified atom stereocenters. The Hall–Kier alpha value is -2.46. The first-order chi connectivity index (χ1) is 17.9. The van der Waals surface area contributed by atoms with E-state index in [0.717, 1.165) is 37.8 Å². The lowest BCUT2D eigenvalue weighted by Crippen LogP contribution is -2.38. The molecule has 202 valence electrons. The molecule has 2 aromatic rings. The van der Waals surface area contributed by atoms with Gasteiger partial charge in [0.05, 0.1) is 6.33 Å². The summed E-state index contributed by atoms with van der Waals surface area (Å²) in [5, 5.41) is 0.115. The minimum atomic E-state index is -0.854. The quantitative estimate of drug-likeness (QED) is 0.393. The van der Waals surface area contributed by atoms with E-state index >= 15 is 0 Å². The van der Waals surface area contributed by atoms with E-state index in [4.69, 9.17) is 25.8 Å². The molecular weight excluding hydrogens is 498 g/mol. The summed E-state index contributed by atoms with van der Waals surface area (Å²) in [4.78, 5) is 39.7. The number of nitrogens with zero attached hydrogens (tertiary/aromatic N) is 5. The number of fused-ring (bicyclic) bond motifs is 1. The average Bonchev–Trinajstić information content (AvgIpc) is 3.44. The second-order valence-electron chi connectivity index (χ2n) is 10.5. The Labute approximate surface area is 222 Å². The largest absolute Gasteiger partial charge is 0.456 e. The second kappa shape index (κ2) is 11.1. The van der Waals surface area contributed by atoms with Gasteiger partial charge in [0, 0.05) is 26.9 Å². The lowest BCUT2D eigenvalue weighted by Gasteiger charge is -2.38. The molecule has 1 saturated carbocycles. The molecule has 5 rings (SSSR count). The number of rotatable bonds is 6. The highest BCUT2D eigenvalue weighted by molar-refractivity contribution is 6.28. The lowest BCUT2D eigenvalue weighted by molar-refractivity contribution is -0.165. The van der Waals surface area contributed by atoms with Crippen molar-refractivity contribution in [3.63, 3.8) is 0 Å². The van der Waals surface area contributed by atoms with Gasteiger partial charge in [0.2, 0.25) is 5.28 Å². The number of imidazole rings is 1. The summed E-state index contributed by atoms with van der Waals surface area (Å²) in [5.41, 5.74) is 1.11. The molecule has 2 aromatic heterocycles. The molecule has 4 atom stereocenters. The maximum atomic E-state index is 12.0. The van der Waals surface area contributed by atoms with Crippen LogP contribution in [0, 0.1) is 11.8 Å². The van der Waals surface area contributed by atoms with Crippen LogP contribution in [0.3, 0.4) is 0 Å². The van der Waals surface area contributed by atoms with Gasteiger partial charge in [-0.3, -0.25) is 14.2 Å². The molecule has 3 fully saturated rings. The van der Waals surface area contributed by atoms with E-state index in [1.807, 2.05) is 6.92 Å². The van der Waals surface area contributed by atoms with Gasteiger partial charge >= 0.3 is 11.9 Å². The summed E-state index contributed by atoms with van der Waals surface area (Å²) in [6.07, 6.45) is 8.42. The Bertz CT molecular complexity index is 1130. The average molecular weight is 534 g/mol. The topological polar surface area (TPSA) is 109 Å². The highest BCUT2D eigenvalue weighted by Crippen LogP contribution is 2.40. The number of aromatic nitrogens is 4. The number of hydrogen-bond acceptors (Lipinski definition) is 9. The Kier molecular flexibility index (Phi) is 7.85. The van der Waals surface area contributed by atoms with Crippen LogP contribution in [0.4, 0.5) is 5.82 Å². The van der Waals surface area contributed by atoms with Crippen LogP contribution in [0.15, 0.2) is 6.33 Å². The first kappa shape index (κ1) is 26.2. The van der Waals surface area contributed by atoms with Crippen LogP contribution in [0.5, 0.6) is 0 Å². The summed E-state index contributed by atoms with van der Waals surface area (Å²) < 4.78 is 19.1. The molecule has 2 saturated heterocycles. The van der Waals surface area contributed by atoms with Crippen molar-refractivity contribution in [1.82, 2.24) is 19.5 Å². The predicted octanol–water partition coefficient (Wildman–Crippen LogP) is 4.45. The Morgan fingerprint density at radius 3 is 2.30 bits per heavy atom. The molecule has 37 heavy (non-hydrogen) atoms. The van der Waals surface area contributed by atoms with Crippen molar-refractivity contribution in [2.75, 3.05) is 18.0 Å². The fraction of sp³-hybridized carbons (Fsp3) is 0.731. The maximum absolute atomic E-state index is 12.0. The van der Waals surface area contributed by atoms with Crippen molar-refractivity contribution in [3.05, 3.63) is 11.6 Å². The third kappa shape index (κ3) is 5.41. The van der Waals surface area contributed by atoms with Crippen LogP contribution >= 0.6 is 11.6 Å². The molecule has 0 bridgehead atoms. The minimum Gasteiger partial charge on any atom is -0.456 e. The molecule has 0 N–H and O–H groups in total. The van der Waals surface area contributed by atoms with Gasteiger partial charge in [0.15, 0.2) is 35.4 Å². The number of esters is 2. The number of carbonyl (C=O) groups excluding carboxylic acids is 2. The fourth-order valence-electron chi connectivity index (χ4n) is 6.38. The fourth-order valence-corrected chi connectivity index (χ4v) is 6.54. The smallest absolute Gasteiger partial charge is 0.303 e. The zero-order chi connectivity index (χ0) is 26.1. The van der Waals surface area contributed by atoms with Crippen LogP contribution < -0.4 is 4.90 Å². The Morgan fingerprint density at radius 1 is 1.00 bits per heavy atom. The van der Waals surface area contributed by atoms with Crippen molar-refractivity contribution in [2.45, 2.75) is 96.7 Å². The Balaban J connectivity index is 1.42. The normalized spacial score (nSPS) is 27.5. The molecule has 10 nitrogen and oxygen atoms in total. The monoisotopic (exact) mass is 533 g/mol. The third-order valence-corrected chi connectivity index (χ3v) is 8.27.